The Morgan fingerprint density at radius 2 is 2.00 bits per heavy atom. The van der Waals surface area contributed by atoms with Crippen molar-refractivity contribution in [2.75, 3.05) is 13.6 Å². The molecule has 1 aromatic carbocycles. The van der Waals surface area contributed by atoms with Crippen LogP contribution in [-0.4, -0.2) is 29.8 Å². The Labute approximate surface area is 152 Å². The lowest BCUT2D eigenvalue weighted by Gasteiger charge is -2.29. The summed E-state index contributed by atoms with van der Waals surface area (Å²) in [5, 5.41) is 10.2. The number of phenolic OH excluding ortho intramolecular Hbond substituents is 1. The van der Waals surface area contributed by atoms with Gasteiger partial charge in [0.05, 0.1) is 11.6 Å². The molecule has 0 aliphatic heterocycles. The van der Waals surface area contributed by atoms with Crippen LogP contribution in [0.4, 0.5) is 13.2 Å². The lowest BCUT2D eigenvalue weighted by atomic mass is 9.96. The fourth-order valence-corrected chi connectivity index (χ4v) is 2.52. The normalized spacial score (nSPS) is 15.1. The highest BCUT2D eigenvalue weighted by atomic mass is 19.4. The summed E-state index contributed by atoms with van der Waals surface area (Å²) >= 11 is 0. The third-order valence-corrected chi connectivity index (χ3v) is 3.79. The highest BCUT2D eigenvalue weighted by molar-refractivity contribution is 5.57. The molecule has 26 heavy (non-hydrogen) atoms. The first kappa shape index (κ1) is 21.8. The molecule has 0 spiro atoms. The molecule has 1 aromatic rings. The van der Waals surface area contributed by atoms with E-state index in [2.05, 4.69) is 4.99 Å². The van der Waals surface area contributed by atoms with E-state index in [0.717, 1.165) is 24.1 Å². The summed E-state index contributed by atoms with van der Waals surface area (Å²) < 4.78 is 38.6. The Morgan fingerprint density at radius 3 is 2.50 bits per heavy atom. The summed E-state index contributed by atoms with van der Waals surface area (Å²) in [4.78, 5) is 6.07. The van der Waals surface area contributed by atoms with Gasteiger partial charge < -0.3 is 10.8 Å². The third kappa shape index (κ3) is 6.22. The molecular weight excluding hydrogens is 343 g/mol. The van der Waals surface area contributed by atoms with Crippen molar-refractivity contribution in [1.82, 2.24) is 4.90 Å². The summed E-state index contributed by atoms with van der Waals surface area (Å²) in [7, 11) is 1.81. The van der Waals surface area contributed by atoms with Gasteiger partial charge in [-0.2, -0.15) is 13.2 Å². The molecule has 3 N–H and O–H groups in total. The number of benzene rings is 1. The van der Waals surface area contributed by atoms with Gasteiger partial charge in [-0.15, -0.1) is 0 Å². The van der Waals surface area contributed by atoms with Crippen LogP contribution in [0.3, 0.4) is 0 Å². The van der Waals surface area contributed by atoms with E-state index in [-0.39, 0.29) is 0 Å². The summed E-state index contributed by atoms with van der Waals surface area (Å²) in [5.74, 6) is -0.405. The van der Waals surface area contributed by atoms with Crippen molar-refractivity contribution in [3.05, 3.63) is 52.9 Å². The molecule has 144 valence electrons. The zero-order valence-electron chi connectivity index (χ0n) is 15.5. The second-order valence-electron chi connectivity index (χ2n) is 6.17. The van der Waals surface area contributed by atoms with E-state index in [1.54, 1.807) is 25.4 Å². The van der Waals surface area contributed by atoms with Crippen LogP contribution in [0.25, 0.3) is 0 Å². The SMILES string of the molecule is CCC=N/C=C(\C)C(c1ccc(C(F)(F)F)cc1O)N(C)C/C=C(\C)N. The second kappa shape index (κ2) is 9.43. The van der Waals surface area contributed by atoms with E-state index < -0.39 is 23.5 Å². The molecule has 1 atom stereocenters. The number of aliphatic imine (C=N–C) groups is 1. The van der Waals surface area contributed by atoms with Gasteiger partial charge in [-0.05, 0) is 45.0 Å². The number of rotatable bonds is 7. The van der Waals surface area contributed by atoms with Crippen LogP contribution in [0.5, 0.6) is 5.75 Å². The maximum Gasteiger partial charge on any atom is 0.416 e. The van der Waals surface area contributed by atoms with E-state index in [1.165, 1.54) is 6.07 Å². The predicted octanol–water partition coefficient (Wildman–Crippen LogP) is 4.63. The van der Waals surface area contributed by atoms with E-state index in [0.29, 0.717) is 17.8 Å². The van der Waals surface area contributed by atoms with E-state index >= 15 is 0 Å². The van der Waals surface area contributed by atoms with Gasteiger partial charge in [0.25, 0.3) is 0 Å². The van der Waals surface area contributed by atoms with E-state index in [9.17, 15) is 18.3 Å². The largest absolute Gasteiger partial charge is 0.508 e. The van der Waals surface area contributed by atoms with Crippen LogP contribution in [0, 0.1) is 0 Å². The minimum atomic E-state index is -4.51. The molecular formula is C19H26F3N3O. The molecule has 0 aliphatic rings. The standard InChI is InChI=1S/C19H26F3N3O/c1-5-9-24-12-13(2)18(25(4)10-8-14(3)23)16-7-6-15(11-17(16)26)19(20,21)22/h6-9,11-12,18,26H,5,10,23H2,1-4H3/b13-12+,14-8+,24-9?. The molecule has 0 amide bonds. The lowest BCUT2D eigenvalue weighted by Crippen LogP contribution is -2.26. The van der Waals surface area contributed by atoms with Gasteiger partial charge in [-0.3, -0.25) is 9.89 Å². The fraction of sp³-hybridized carbons (Fsp3) is 0.421. The first-order chi connectivity index (χ1) is 12.1. The second-order valence-corrected chi connectivity index (χ2v) is 6.17. The molecule has 0 aliphatic carbocycles. The molecule has 0 fully saturated rings. The van der Waals surface area contributed by atoms with Crippen LogP contribution < -0.4 is 5.73 Å². The number of phenols is 1. The summed E-state index contributed by atoms with van der Waals surface area (Å²) in [6.07, 6.45) is 1.45. The fourth-order valence-electron chi connectivity index (χ4n) is 2.52. The number of halogens is 3. The van der Waals surface area contributed by atoms with Gasteiger partial charge in [0.15, 0.2) is 0 Å². The van der Waals surface area contributed by atoms with Gasteiger partial charge in [-0.1, -0.05) is 19.1 Å². The number of hydrogen-bond donors (Lipinski definition) is 2. The molecule has 0 aromatic heterocycles. The van der Waals surface area contributed by atoms with Crippen LogP contribution >= 0.6 is 0 Å². The first-order valence-electron chi connectivity index (χ1n) is 8.28. The smallest absolute Gasteiger partial charge is 0.416 e. The molecule has 0 heterocycles. The van der Waals surface area contributed by atoms with Gasteiger partial charge in [0.1, 0.15) is 5.75 Å². The number of alkyl halides is 3. The minimum Gasteiger partial charge on any atom is -0.508 e. The van der Waals surface area contributed by atoms with Crippen molar-refractivity contribution in [1.29, 1.82) is 0 Å². The summed E-state index contributed by atoms with van der Waals surface area (Å²) in [6, 6.07) is 2.59. The van der Waals surface area contributed by atoms with Crippen molar-refractivity contribution in [3.8, 4) is 5.75 Å². The topological polar surface area (TPSA) is 61.9 Å². The molecule has 0 radical (unpaired) electrons. The highest BCUT2D eigenvalue weighted by Crippen LogP contribution is 2.38. The zero-order chi connectivity index (χ0) is 19.9. The summed E-state index contributed by atoms with van der Waals surface area (Å²) in [6.45, 7) is 6.00. The van der Waals surface area contributed by atoms with Gasteiger partial charge in [0.2, 0.25) is 0 Å². The third-order valence-electron chi connectivity index (χ3n) is 3.79. The zero-order valence-corrected chi connectivity index (χ0v) is 15.5. The maximum absolute atomic E-state index is 12.9. The Kier molecular flexibility index (Phi) is 7.89. The van der Waals surface area contributed by atoms with Gasteiger partial charge >= 0.3 is 6.18 Å². The van der Waals surface area contributed by atoms with Crippen LogP contribution in [0.1, 0.15) is 44.4 Å². The maximum atomic E-state index is 12.9. The highest BCUT2D eigenvalue weighted by Gasteiger charge is 2.32. The average molecular weight is 369 g/mol. The number of nitrogens with zero attached hydrogens (tertiary/aromatic N) is 2. The van der Waals surface area contributed by atoms with Gasteiger partial charge in [0, 0.05) is 30.2 Å². The minimum absolute atomic E-state index is 0.379. The molecule has 4 nitrogen and oxygen atoms in total. The van der Waals surface area contributed by atoms with E-state index in [4.69, 9.17) is 5.73 Å². The van der Waals surface area contributed by atoms with E-state index in [1.807, 2.05) is 25.8 Å². The quantitative estimate of drug-likeness (QED) is 0.689. The van der Waals surface area contributed by atoms with Crippen molar-refractivity contribution >= 4 is 6.21 Å². The number of hydrogen-bond acceptors (Lipinski definition) is 4. The Bertz CT molecular complexity index is 690. The molecule has 0 bridgehead atoms. The first-order valence-corrected chi connectivity index (χ1v) is 8.28. The number of aromatic hydroxyl groups is 1. The monoisotopic (exact) mass is 369 g/mol. The van der Waals surface area contributed by atoms with Crippen molar-refractivity contribution in [2.45, 2.75) is 39.4 Å². The van der Waals surface area contributed by atoms with Crippen molar-refractivity contribution in [2.24, 2.45) is 10.7 Å². The Hall–Kier alpha value is -2.28. The molecule has 0 saturated heterocycles. The molecule has 0 saturated carbocycles. The van der Waals surface area contributed by atoms with Crippen molar-refractivity contribution in [3.63, 3.8) is 0 Å². The van der Waals surface area contributed by atoms with Crippen LogP contribution in [0.15, 0.2) is 46.7 Å². The Morgan fingerprint density at radius 1 is 1.35 bits per heavy atom. The average Bonchev–Trinajstić information content (AvgIpc) is 2.54. The van der Waals surface area contributed by atoms with Gasteiger partial charge in [-0.25, -0.2) is 0 Å². The molecule has 7 heteroatoms. The predicted molar refractivity (Wildman–Crippen MR) is 99.0 cm³/mol. The lowest BCUT2D eigenvalue weighted by molar-refractivity contribution is -0.137. The molecule has 1 rings (SSSR count). The van der Waals surface area contributed by atoms with Crippen LogP contribution in [-0.2, 0) is 6.18 Å². The van der Waals surface area contributed by atoms with Crippen LogP contribution in [0.2, 0.25) is 0 Å². The van der Waals surface area contributed by atoms with Crippen molar-refractivity contribution < 1.29 is 18.3 Å². The number of likely N-dealkylation sites (N-methyl/N-ethyl adjacent to an activating group) is 1. The Balaban J connectivity index is 3.33. The molecule has 1 unspecified atom stereocenters. The number of allylic oxidation sites excluding steroid dienone is 1. The summed E-state index contributed by atoms with van der Waals surface area (Å²) in [5.41, 5.74) is 6.59. The number of nitrogens with two attached hydrogens (primary N) is 1.